The van der Waals surface area contributed by atoms with Crippen LogP contribution in [0.25, 0.3) is 16.5 Å². The third kappa shape index (κ3) is 12.2. The van der Waals surface area contributed by atoms with Crippen LogP contribution >= 0.6 is 0 Å². The number of nitrogens with two attached hydrogens (primary N) is 1. The van der Waals surface area contributed by atoms with Crippen molar-refractivity contribution in [1.82, 2.24) is 0 Å². The fraction of sp³-hybridized carbons (Fsp3) is 0.538. The van der Waals surface area contributed by atoms with E-state index >= 15 is 0 Å². The lowest BCUT2D eigenvalue weighted by Gasteiger charge is -2.23. The average Bonchev–Trinajstić information content (AvgIpc) is 2.74. The Kier molecular flexibility index (Phi) is 12.1. The van der Waals surface area contributed by atoms with E-state index in [1.54, 1.807) is 26.8 Å². The number of carbonyl (C=O) groups excluding carboxylic acids is 2. The second-order valence-electron chi connectivity index (χ2n) is 9.73. The minimum atomic E-state index is -0.697. The molecule has 0 aliphatic heterocycles. The van der Waals surface area contributed by atoms with Crippen molar-refractivity contribution < 1.29 is 19.1 Å². The zero-order valence-corrected chi connectivity index (χ0v) is 21.1. The molecule has 1 aromatic carbocycles. The molecule has 0 saturated carbocycles. The van der Waals surface area contributed by atoms with Crippen molar-refractivity contribution in [3.8, 4) is 0 Å². The summed E-state index contributed by atoms with van der Waals surface area (Å²) in [6, 6.07) is 6.94. The molecule has 0 bridgehead atoms. The molecule has 186 valence electrons. The van der Waals surface area contributed by atoms with Crippen molar-refractivity contribution in [2.75, 3.05) is 0 Å². The molecule has 0 spiro atoms. The van der Waals surface area contributed by atoms with Gasteiger partial charge in [0.2, 0.25) is 0 Å². The Morgan fingerprint density at radius 1 is 1.18 bits per heavy atom. The summed E-state index contributed by atoms with van der Waals surface area (Å²) in [5.74, 6) is -0.765. The molecule has 0 amide bonds. The number of esters is 2. The highest BCUT2D eigenvalue weighted by Crippen LogP contribution is 2.18. The fourth-order valence-electron chi connectivity index (χ4n) is 3.08. The molecule has 0 aliphatic rings. The van der Waals surface area contributed by atoms with E-state index in [1.807, 2.05) is 57.2 Å². The highest BCUT2D eigenvalue weighted by molar-refractivity contribution is 5.82. The summed E-state index contributed by atoms with van der Waals surface area (Å²) in [6.07, 6.45) is 7.30. The van der Waals surface area contributed by atoms with Gasteiger partial charge < -0.3 is 15.2 Å². The van der Waals surface area contributed by atoms with Crippen molar-refractivity contribution in [3.63, 3.8) is 0 Å². The fourth-order valence-corrected chi connectivity index (χ4v) is 3.08. The Balaban J connectivity index is 2.91. The number of hydrogen-bond donors (Lipinski definition) is 1. The van der Waals surface area contributed by atoms with Gasteiger partial charge in [0.1, 0.15) is 17.7 Å². The van der Waals surface area contributed by atoms with Gasteiger partial charge in [-0.05, 0) is 49.8 Å². The minimum absolute atomic E-state index is 0.138. The molecule has 0 fully saturated rings. The van der Waals surface area contributed by atoms with Crippen molar-refractivity contribution in [3.05, 3.63) is 64.1 Å². The summed E-state index contributed by atoms with van der Waals surface area (Å²) in [5, 5.41) is 3.55. The topological polar surface area (TPSA) is 127 Å². The normalized spacial score (nSPS) is 14.6. The van der Waals surface area contributed by atoms with E-state index in [0.717, 1.165) is 11.1 Å². The lowest BCUT2D eigenvalue weighted by Crippen LogP contribution is -2.37. The van der Waals surface area contributed by atoms with Gasteiger partial charge >= 0.3 is 11.9 Å². The van der Waals surface area contributed by atoms with Crippen LogP contribution in [0.2, 0.25) is 0 Å². The maximum atomic E-state index is 12.6. The standard InChI is InChI=1S/C26H38N4O4/c1-18(2)16-22(27)25(32)33-23(8-7-9-24(31)34-26(4,5)6)19(3)10-11-20-12-14-21(15-13-20)17-29-30-28/h7,9-15,18-19,22-23H,8,16-17,27H2,1-6H3/b9-7+,11-10+/t19?,22-,23-/m0/s1. The molecule has 0 heterocycles. The van der Waals surface area contributed by atoms with Gasteiger partial charge in [-0.3, -0.25) is 4.79 Å². The highest BCUT2D eigenvalue weighted by Gasteiger charge is 2.24. The van der Waals surface area contributed by atoms with Crippen LogP contribution in [0.1, 0.15) is 65.5 Å². The van der Waals surface area contributed by atoms with Crippen LogP contribution in [0.4, 0.5) is 0 Å². The SMILES string of the molecule is CC(C)C[C@H](N)C(=O)O[C@@H](C/C=C/C(=O)OC(C)(C)C)C(C)/C=C/c1ccc(CN=[N+]=[N-])cc1. The molecular weight excluding hydrogens is 432 g/mol. The molecule has 8 heteroatoms. The Morgan fingerprint density at radius 2 is 1.82 bits per heavy atom. The van der Waals surface area contributed by atoms with Gasteiger partial charge in [-0.25, -0.2) is 4.79 Å². The summed E-state index contributed by atoms with van der Waals surface area (Å²) < 4.78 is 11.0. The average molecular weight is 471 g/mol. The van der Waals surface area contributed by atoms with Crippen LogP contribution in [0.5, 0.6) is 0 Å². The molecule has 8 nitrogen and oxygen atoms in total. The summed E-state index contributed by atoms with van der Waals surface area (Å²) in [4.78, 5) is 27.3. The molecule has 0 radical (unpaired) electrons. The molecule has 2 N–H and O–H groups in total. The highest BCUT2D eigenvalue weighted by atomic mass is 16.6. The molecule has 34 heavy (non-hydrogen) atoms. The first kappa shape index (κ1) is 28.9. The van der Waals surface area contributed by atoms with E-state index in [2.05, 4.69) is 10.0 Å². The van der Waals surface area contributed by atoms with Crippen molar-refractivity contribution in [2.24, 2.45) is 22.7 Å². The van der Waals surface area contributed by atoms with E-state index in [1.165, 1.54) is 6.08 Å². The Bertz CT molecular complexity index is 894. The van der Waals surface area contributed by atoms with Crippen molar-refractivity contribution in [1.29, 1.82) is 0 Å². The van der Waals surface area contributed by atoms with Gasteiger partial charge in [0.25, 0.3) is 0 Å². The summed E-state index contributed by atoms with van der Waals surface area (Å²) in [7, 11) is 0. The van der Waals surface area contributed by atoms with Gasteiger partial charge in [-0.2, -0.15) is 0 Å². The quantitative estimate of drug-likeness (QED) is 0.137. The van der Waals surface area contributed by atoms with Crippen LogP contribution < -0.4 is 5.73 Å². The number of ether oxygens (including phenoxy) is 2. The number of rotatable bonds is 12. The second kappa shape index (κ2) is 14.2. The molecule has 1 unspecified atom stereocenters. The van der Waals surface area contributed by atoms with Gasteiger partial charge in [0.15, 0.2) is 0 Å². The number of nitrogens with zero attached hydrogens (tertiary/aromatic N) is 3. The summed E-state index contributed by atoms with van der Waals surface area (Å²) in [5.41, 5.74) is 15.7. The lowest BCUT2D eigenvalue weighted by molar-refractivity contribution is -0.152. The van der Waals surface area contributed by atoms with E-state index in [0.29, 0.717) is 19.4 Å². The maximum absolute atomic E-state index is 12.6. The largest absolute Gasteiger partial charge is 0.460 e. The third-order valence-electron chi connectivity index (χ3n) is 4.80. The number of azide groups is 1. The zero-order chi connectivity index (χ0) is 25.7. The van der Waals surface area contributed by atoms with Gasteiger partial charge in [0.05, 0.1) is 6.54 Å². The number of hydrogen-bond acceptors (Lipinski definition) is 6. The second-order valence-corrected chi connectivity index (χ2v) is 9.73. The molecule has 3 atom stereocenters. The van der Waals surface area contributed by atoms with E-state index in [4.69, 9.17) is 20.7 Å². The Hall–Kier alpha value is -3.09. The van der Waals surface area contributed by atoms with E-state index in [-0.39, 0.29) is 11.8 Å². The van der Waals surface area contributed by atoms with Crippen molar-refractivity contribution in [2.45, 2.75) is 78.7 Å². The van der Waals surface area contributed by atoms with Crippen molar-refractivity contribution >= 4 is 18.0 Å². The number of benzene rings is 1. The lowest BCUT2D eigenvalue weighted by atomic mass is 9.99. The molecular formula is C26H38N4O4. The van der Waals surface area contributed by atoms with Crippen LogP contribution in [-0.4, -0.2) is 29.7 Å². The molecule has 0 aromatic heterocycles. The third-order valence-corrected chi connectivity index (χ3v) is 4.80. The van der Waals surface area contributed by atoms with Gasteiger partial charge in [0, 0.05) is 23.3 Å². The number of carbonyl (C=O) groups is 2. The van der Waals surface area contributed by atoms with E-state index in [9.17, 15) is 9.59 Å². The molecule has 1 rings (SSSR count). The zero-order valence-electron chi connectivity index (χ0n) is 21.1. The maximum Gasteiger partial charge on any atom is 0.330 e. The molecule has 0 aliphatic carbocycles. The molecule has 1 aromatic rings. The smallest absolute Gasteiger partial charge is 0.330 e. The van der Waals surface area contributed by atoms with Crippen LogP contribution in [0, 0.1) is 11.8 Å². The molecule has 0 saturated heterocycles. The van der Waals surface area contributed by atoms with Crippen LogP contribution in [0.3, 0.4) is 0 Å². The summed E-state index contributed by atoms with van der Waals surface area (Å²) in [6.45, 7) is 11.6. The minimum Gasteiger partial charge on any atom is -0.460 e. The van der Waals surface area contributed by atoms with Gasteiger partial charge in [-0.15, -0.1) is 0 Å². The first-order valence-electron chi connectivity index (χ1n) is 11.5. The Labute approximate surface area is 202 Å². The first-order valence-corrected chi connectivity index (χ1v) is 11.5. The summed E-state index contributed by atoms with van der Waals surface area (Å²) >= 11 is 0. The van der Waals surface area contributed by atoms with E-state index < -0.39 is 29.7 Å². The predicted molar refractivity (Wildman–Crippen MR) is 134 cm³/mol. The van der Waals surface area contributed by atoms with Crippen LogP contribution in [0.15, 0.2) is 47.6 Å². The predicted octanol–water partition coefficient (Wildman–Crippen LogP) is 5.72. The van der Waals surface area contributed by atoms with Crippen LogP contribution in [-0.2, 0) is 25.6 Å². The van der Waals surface area contributed by atoms with Gasteiger partial charge in [-0.1, -0.05) is 68.4 Å². The monoisotopic (exact) mass is 470 g/mol. The first-order chi connectivity index (χ1) is 15.9. The Morgan fingerprint density at radius 3 is 2.38 bits per heavy atom.